The van der Waals surface area contributed by atoms with Gasteiger partial charge in [-0.25, -0.2) is 0 Å². The second kappa shape index (κ2) is 7.81. The molecule has 0 aliphatic carbocycles. The predicted molar refractivity (Wildman–Crippen MR) is 87.0 cm³/mol. The smallest absolute Gasteiger partial charge is 0.191 e. The van der Waals surface area contributed by atoms with E-state index in [4.69, 9.17) is 5.26 Å². The standard InChI is InChI=1S/C15H22N4S/c1-15(2,20-4)11-19-14(17-3)18-10-13-7-5-6-12(8-13)9-16/h5-8H,10-11H2,1-4H3,(H2,17,18,19). The molecule has 0 atom stereocenters. The maximum absolute atomic E-state index is 8.88. The van der Waals surface area contributed by atoms with Gasteiger partial charge in [-0.05, 0) is 37.8 Å². The van der Waals surface area contributed by atoms with Crippen LogP contribution in [-0.2, 0) is 6.54 Å². The molecule has 1 aromatic carbocycles. The summed E-state index contributed by atoms with van der Waals surface area (Å²) in [6, 6.07) is 9.71. The van der Waals surface area contributed by atoms with E-state index in [9.17, 15) is 0 Å². The van der Waals surface area contributed by atoms with Gasteiger partial charge in [0.15, 0.2) is 5.96 Å². The summed E-state index contributed by atoms with van der Waals surface area (Å²) in [6.07, 6.45) is 2.10. The minimum atomic E-state index is 0.165. The van der Waals surface area contributed by atoms with Gasteiger partial charge < -0.3 is 10.6 Å². The first-order chi connectivity index (χ1) is 9.50. The monoisotopic (exact) mass is 290 g/mol. The Morgan fingerprint density at radius 1 is 1.40 bits per heavy atom. The van der Waals surface area contributed by atoms with E-state index in [1.165, 1.54) is 0 Å². The van der Waals surface area contributed by atoms with Crippen LogP contribution in [-0.4, -0.2) is 30.6 Å². The van der Waals surface area contributed by atoms with Crippen LogP contribution in [0.15, 0.2) is 29.3 Å². The van der Waals surface area contributed by atoms with Crippen molar-refractivity contribution < 1.29 is 0 Å². The number of nitrogens with zero attached hydrogens (tertiary/aromatic N) is 2. The molecule has 1 aromatic rings. The highest BCUT2D eigenvalue weighted by Gasteiger charge is 2.15. The molecule has 0 aliphatic rings. The highest BCUT2D eigenvalue weighted by atomic mass is 32.2. The van der Waals surface area contributed by atoms with Crippen LogP contribution >= 0.6 is 11.8 Å². The predicted octanol–water partition coefficient (Wildman–Crippen LogP) is 2.36. The summed E-state index contributed by atoms with van der Waals surface area (Å²) in [5.41, 5.74) is 1.74. The molecular formula is C15H22N4S. The fourth-order valence-electron chi connectivity index (χ4n) is 1.53. The number of rotatable bonds is 5. The summed E-state index contributed by atoms with van der Waals surface area (Å²) >= 11 is 1.82. The van der Waals surface area contributed by atoms with Gasteiger partial charge in [-0.1, -0.05) is 12.1 Å². The second-order valence-corrected chi connectivity index (χ2v) is 6.57. The molecule has 0 heterocycles. The molecular weight excluding hydrogens is 268 g/mol. The summed E-state index contributed by atoms with van der Waals surface area (Å²) in [5.74, 6) is 0.773. The summed E-state index contributed by atoms with van der Waals surface area (Å²) in [5, 5.41) is 15.4. The van der Waals surface area contributed by atoms with Gasteiger partial charge in [-0.15, -0.1) is 0 Å². The molecule has 1 rings (SSSR count). The van der Waals surface area contributed by atoms with E-state index in [1.54, 1.807) is 13.1 Å². The number of benzene rings is 1. The fraction of sp³-hybridized carbons (Fsp3) is 0.467. The molecule has 0 aliphatic heterocycles. The Morgan fingerprint density at radius 2 is 2.15 bits per heavy atom. The SMILES string of the molecule is CN=C(NCc1cccc(C#N)c1)NCC(C)(C)SC. The molecule has 0 aromatic heterocycles. The van der Waals surface area contributed by atoms with Crippen molar-refractivity contribution in [2.45, 2.75) is 25.1 Å². The molecule has 0 saturated carbocycles. The van der Waals surface area contributed by atoms with E-state index in [2.05, 4.69) is 41.8 Å². The zero-order valence-electron chi connectivity index (χ0n) is 12.5. The third-order valence-electron chi connectivity index (χ3n) is 2.97. The van der Waals surface area contributed by atoms with E-state index in [1.807, 2.05) is 30.0 Å². The number of hydrogen-bond donors (Lipinski definition) is 2. The number of nitriles is 1. The molecule has 4 nitrogen and oxygen atoms in total. The third kappa shape index (κ3) is 5.54. The summed E-state index contributed by atoms with van der Waals surface area (Å²) in [7, 11) is 1.76. The van der Waals surface area contributed by atoms with Crippen LogP contribution in [0.4, 0.5) is 0 Å². The molecule has 0 unspecified atom stereocenters. The van der Waals surface area contributed by atoms with Crippen LogP contribution < -0.4 is 10.6 Å². The van der Waals surface area contributed by atoms with Crippen LogP contribution in [0, 0.1) is 11.3 Å². The lowest BCUT2D eigenvalue weighted by Crippen LogP contribution is -2.42. The summed E-state index contributed by atoms with van der Waals surface area (Å²) in [4.78, 5) is 4.20. The fourth-order valence-corrected chi connectivity index (χ4v) is 1.74. The Balaban J connectivity index is 2.52. The number of thioether (sulfide) groups is 1. The lowest BCUT2D eigenvalue weighted by molar-refractivity contribution is 0.664. The summed E-state index contributed by atoms with van der Waals surface area (Å²) in [6.45, 7) is 5.86. The van der Waals surface area contributed by atoms with Crippen molar-refractivity contribution in [1.29, 1.82) is 5.26 Å². The molecule has 108 valence electrons. The third-order valence-corrected chi connectivity index (χ3v) is 4.22. The number of hydrogen-bond acceptors (Lipinski definition) is 3. The van der Waals surface area contributed by atoms with E-state index in [0.717, 1.165) is 18.1 Å². The first-order valence-corrected chi connectivity index (χ1v) is 7.72. The van der Waals surface area contributed by atoms with Gasteiger partial charge in [-0.2, -0.15) is 17.0 Å². The first kappa shape index (κ1) is 16.4. The van der Waals surface area contributed by atoms with E-state index >= 15 is 0 Å². The minimum Gasteiger partial charge on any atom is -0.355 e. The zero-order valence-corrected chi connectivity index (χ0v) is 13.3. The van der Waals surface area contributed by atoms with Crippen LogP contribution in [0.2, 0.25) is 0 Å². The highest BCUT2D eigenvalue weighted by molar-refractivity contribution is 7.99. The average molecular weight is 290 g/mol. The van der Waals surface area contributed by atoms with Gasteiger partial charge in [0, 0.05) is 24.9 Å². The molecule has 0 radical (unpaired) electrons. The van der Waals surface area contributed by atoms with Gasteiger partial charge in [0.2, 0.25) is 0 Å². The number of guanidine groups is 1. The Kier molecular flexibility index (Phi) is 6.40. The molecule has 20 heavy (non-hydrogen) atoms. The molecule has 0 saturated heterocycles. The van der Waals surface area contributed by atoms with Crippen molar-refractivity contribution in [3.63, 3.8) is 0 Å². The van der Waals surface area contributed by atoms with Gasteiger partial charge >= 0.3 is 0 Å². The lowest BCUT2D eigenvalue weighted by atomic mass is 10.1. The Bertz CT molecular complexity index is 503. The Hall–Kier alpha value is -1.67. The maximum atomic E-state index is 8.88. The van der Waals surface area contributed by atoms with E-state index in [0.29, 0.717) is 12.1 Å². The van der Waals surface area contributed by atoms with Gasteiger partial charge in [-0.3, -0.25) is 4.99 Å². The number of nitrogens with one attached hydrogen (secondary N) is 2. The van der Waals surface area contributed by atoms with Gasteiger partial charge in [0.1, 0.15) is 0 Å². The number of aliphatic imine (C=N–C) groups is 1. The van der Waals surface area contributed by atoms with Crippen molar-refractivity contribution in [1.82, 2.24) is 10.6 Å². The van der Waals surface area contributed by atoms with Gasteiger partial charge in [0.05, 0.1) is 11.6 Å². The van der Waals surface area contributed by atoms with E-state index in [-0.39, 0.29) is 4.75 Å². The van der Waals surface area contributed by atoms with Crippen LogP contribution in [0.3, 0.4) is 0 Å². The Morgan fingerprint density at radius 3 is 2.75 bits per heavy atom. The van der Waals surface area contributed by atoms with Crippen molar-refractivity contribution in [3.05, 3.63) is 35.4 Å². The topological polar surface area (TPSA) is 60.2 Å². The van der Waals surface area contributed by atoms with Crippen molar-refractivity contribution in [2.75, 3.05) is 19.8 Å². The Labute approximate surface area is 125 Å². The minimum absolute atomic E-state index is 0.165. The molecule has 0 bridgehead atoms. The van der Waals surface area contributed by atoms with Crippen molar-refractivity contribution in [3.8, 4) is 6.07 Å². The normalized spacial score (nSPS) is 11.8. The van der Waals surface area contributed by atoms with E-state index < -0.39 is 0 Å². The zero-order chi connectivity index (χ0) is 15.0. The lowest BCUT2D eigenvalue weighted by Gasteiger charge is -2.23. The molecule has 0 spiro atoms. The van der Waals surface area contributed by atoms with Crippen LogP contribution in [0.5, 0.6) is 0 Å². The second-order valence-electron chi connectivity index (χ2n) is 5.06. The average Bonchev–Trinajstić information content (AvgIpc) is 2.47. The molecule has 0 amide bonds. The van der Waals surface area contributed by atoms with Crippen LogP contribution in [0.25, 0.3) is 0 Å². The maximum Gasteiger partial charge on any atom is 0.191 e. The summed E-state index contributed by atoms with van der Waals surface area (Å²) < 4.78 is 0.165. The largest absolute Gasteiger partial charge is 0.355 e. The highest BCUT2D eigenvalue weighted by Crippen LogP contribution is 2.19. The molecule has 2 N–H and O–H groups in total. The van der Waals surface area contributed by atoms with Crippen molar-refractivity contribution in [2.24, 2.45) is 4.99 Å². The van der Waals surface area contributed by atoms with Crippen molar-refractivity contribution >= 4 is 17.7 Å². The first-order valence-electron chi connectivity index (χ1n) is 6.49. The molecule has 5 heteroatoms. The van der Waals surface area contributed by atoms with Gasteiger partial charge in [0.25, 0.3) is 0 Å². The quantitative estimate of drug-likeness (QED) is 0.645. The van der Waals surface area contributed by atoms with Crippen LogP contribution in [0.1, 0.15) is 25.0 Å². The molecule has 0 fully saturated rings.